The SMILES string of the molecule is CCC1CCC/C1=N\NC(=O)c1ccc(Cl)cc1Cl. The van der Waals surface area contributed by atoms with Crippen LogP contribution in [0.2, 0.25) is 10.0 Å². The summed E-state index contributed by atoms with van der Waals surface area (Å²) in [5.74, 6) is 0.205. The van der Waals surface area contributed by atoms with E-state index in [1.165, 1.54) is 0 Å². The number of nitrogens with one attached hydrogen (secondary N) is 1. The molecule has 1 fully saturated rings. The van der Waals surface area contributed by atoms with Crippen molar-refractivity contribution < 1.29 is 4.79 Å². The van der Waals surface area contributed by atoms with Crippen LogP contribution in [0.15, 0.2) is 23.3 Å². The van der Waals surface area contributed by atoms with E-state index < -0.39 is 0 Å². The number of amides is 1. The quantitative estimate of drug-likeness (QED) is 0.831. The Morgan fingerprint density at radius 2 is 2.26 bits per heavy atom. The second-order valence-electron chi connectivity index (χ2n) is 4.67. The maximum absolute atomic E-state index is 12.0. The molecule has 0 radical (unpaired) electrons. The molecule has 1 saturated carbocycles. The predicted molar refractivity (Wildman–Crippen MR) is 79.0 cm³/mol. The van der Waals surface area contributed by atoms with Gasteiger partial charge in [0.15, 0.2) is 0 Å². The molecule has 1 unspecified atom stereocenters. The Morgan fingerprint density at radius 3 is 2.95 bits per heavy atom. The van der Waals surface area contributed by atoms with E-state index in [1.807, 2.05) is 0 Å². The van der Waals surface area contributed by atoms with E-state index in [2.05, 4.69) is 17.5 Å². The molecule has 0 spiro atoms. The summed E-state index contributed by atoms with van der Waals surface area (Å²) in [6.07, 6.45) is 4.34. The summed E-state index contributed by atoms with van der Waals surface area (Å²) in [4.78, 5) is 12.0. The van der Waals surface area contributed by atoms with Crippen molar-refractivity contribution in [1.82, 2.24) is 5.43 Å². The van der Waals surface area contributed by atoms with Crippen LogP contribution in [-0.4, -0.2) is 11.6 Å². The monoisotopic (exact) mass is 298 g/mol. The molecule has 1 atom stereocenters. The van der Waals surface area contributed by atoms with E-state index >= 15 is 0 Å². The van der Waals surface area contributed by atoms with Crippen LogP contribution in [0.4, 0.5) is 0 Å². The summed E-state index contributed by atoms with van der Waals surface area (Å²) in [6.45, 7) is 2.14. The van der Waals surface area contributed by atoms with Gasteiger partial charge in [-0.2, -0.15) is 5.10 Å². The highest BCUT2D eigenvalue weighted by atomic mass is 35.5. The van der Waals surface area contributed by atoms with Crippen LogP contribution >= 0.6 is 23.2 Å². The number of halogens is 2. The Kier molecular flexibility index (Phi) is 4.83. The average Bonchev–Trinajstić information content (AvgIpc) is 2.83. The third kappa shape index (κ3) is 3.48. The lowest BCUT2D eigenvalue weighted by Crippen LogP contribution is -2.21. The van der Waals surface area contributed by atoms with Gasteiger partial charge in [-0.3, -0.25) is 4.79 Å². The van der Waals surface area contributed by atoms with Gasteiger partial charge in [-0.25, -0.2) is 5.43 Å². The predicted octanol–water partition coefficient (Wildman–Crippen LogP) is 4.29. The number of hydrazone groups is 1. The molecule has 0 aromatic heterocycles. The van der Waals surface area contributed by atoms with Crippen LogP contribution in [-0.2, 0) is 0 Å². The van der Waals surface area contributed by atoms with Crippen molar-refractivity contribution in [2.75, 3.05) is 0 Å². The van der Waals surface area contributed by atoms with Crippen molar-refractivity contribution in [2.24, 2.45) is 11.0 Å². The molecule has 1 aromatic carbocycles. The topological polar surface area (TPSA) is 41.5 Å². The van der Waals surface area contributed by atoms with Crippen LogP contribution < -0.4 is 5.43 Å². The van der Waals surface area contributed by atoms with E-state index in [-0.39, 0.29) is 5.91 Å². The zero-order valence-electron chi connectivity index (χ0n) is 10.7. The van der Waals surface area contributed by atoms with Crippen LogP contribution in [0.1, 0.15) is 43.0 Å². The van der Waals surface area contributed by atoms with Gasteiger partial charge in [-0.1, -0.05) is 30.1 Å². The van der Waals surface area contributed by atoms with Crippen molar-refractivity contribution in [1.29, 1.82) is 0 Å². The van der Waals surface area contributed by atoms with Crippen LogP contribution in [0.5, 0.6) is 0 Å². The van der Waals surface area contributed by atoms with Gasteiger partial charge in [0.25, 0.3) is 5.91 Å². The standard InChI is InChI=1S/C14H16Cl2N2O/c1-2-9-4-3-5-13(9)17-18-14(19)11-7-6-10(15)8-12(11)16/h6-9H,2-5H2,1H3,(H,18,19)/b17-13+. The van der Waals surface area contributed by atoms with Gasteiger partial charge >= 0.3 is 0 Å². The molecule has 3 nitrogen and oxygen atoms in total. The lowest BCUT2D eigenvalue weighted by atomic mass is 10.0. The lowest BCUT2D eigenvalue weighted by molar-refractivity contribution is 0.0954. The van der Waals surface area contributed by atoms with E-state index in [1.54, 1.807) is 18.2 Å². The summed E-state index contributed by atoms with van der Waals surface area (Å²) < 4.78 is 0. The molecule has 0 aliphatic heterocycles. The summed E-state index contributed by atoms with van der Waals surface area (Å²) in [6, 6.07) is 4.79. The molecule has 0 heterocycles. The smallest absolute Gasteiger partial charge is 0.267 e. The Labute approximate surface area is 123 Å². The first kappa shape index (κ1) is 14.4. The fourth-order valence-corrected chi connectivity index (χ4v) is 2.84. The molecule has 1 aliphatic rings. The Morgan fingerprint density at radius 1 is 1.47 bits per heavy atom. The first-order valence-corrected chi connectivity index (χ1v) is 7.19. The first-order chi connectivity index (χ1) is 9.11. The highest BCUT2D eigenvalue weighted by Gasteiger charge is 2.21. The molecule has 1 N–H and O–H groups in total. The van der Waals surface area contributed by atoms with Gasteiger partial charge in [0.2, 0.25) is 0 Å². The number of benzene rings is 1. The molecule has 5 heteroatoms. The van der Waals surface area contributed by atoms with Gasteiger partial charge in [-0.05, 0) is 49.8 Å². The Hall–Kier alpha value is -1.06. The maximum Gasteiger partial charge on any atom is 0.272 e. The van der Waals surface area contributed by atoms with Crippen molar-refractivity contribution in [3.05, 3.63) is 33.8 Å². The summed E-state index contributed by atoms with van der Waals surface area (Å²) in [5.41, 5.74) is 4.06. The Balaban J connectivity index is 2.07. The summed E-state index contributed by atoms with van der Waals surface area (Å²) >= 11 is 11.8. The van der Waals surface area contributed by atoms with Crippen molar-refractivity contribution in [3.8, 4) is 0 Å². The molecular formula is C14H16Cl2N2O. The number of hydrogen-bond acceptors (Lipinski definition) is 2. The van der Waals surface area contributed by atoms with Crippen LogP contribution in [0, 0.1) is 5.92 Å². The van der Waals surface area contributed by atoms with E-state index in [4.69, 9.17) is 23.2 Å². The van der Waals surface area contributed by atoms with Gasteiger partial charge in [0, 0.05) is 10.7 Å². The number of rotatable bonds is 3. The molecular weight excluding hydrogens is 283 g/mol. The lowest BCUT2D eigenvalue weighted by Gasteiger charge is -2.08. The molecule has 2 rings (SSSR count). The third-order valence-electron chi connectivity index (χ3n) is 3.43. The first-order valence-electron chi connectivity index (χ1n) is 6.43. The molecule has 0 saturated heterocycles. The fourth-order valence-electron chi connectivity index (χ4n) is 2.34. The fraction of sp³-hybridized carbons (Fsp3) is 0.429. The molecule has 102 valence electrons. The van der Waals surface area contributed by atoms with Gasteiger partial charge < -0.3 is 0 Å². The van der Waals surface area contributed by atoms with Crippen molar-refractivity contribution in [2.45, 2.75) is 32.6 Å². The third-order valence-corrected chi connectivity index (χ3v) is 3.97. The minimum Gasteiger partial charge on any atom is -0.267 e. The Bertz CT molecular complexity index is 514. The van der Waals surface area contributed by atoms with Crippen molar-refractivity contribution in [3.63, 3.8) is 0 Å². The number of hydrogen-bond donors (Lipinski definition) is 1. The van der Waals surface area contributed by atoms with E-state index in [9.17, 15) is 4.79 Å². The molecule has 0 bridgehead atoms. The average molecular weight is 299 g/mol. The van der Waals surface area contributed by atoms with Crippen LogP contribution in [0.3, 0.4) is 0 Å². The van der Waals surface area contributed by atoms with Gasteiger partial charge in [-0.15, -0.1) is 0 Å². The van der Waals surface area contributed by atoms with E-state index in [0.29, 0.717) is 21.5 Å². The molecule has 1 aromatic rings. The number of nitrogens with zero attached hydrogens (tertiary/aromatic N) is 1. The summed E-state index contributed by atoms with van der Waals surface area (Å²) in [5, 5.41) is 5.09. The zero-order chi connectivity index (χ0) is 13.8. The highest BCUT2D eigenvalue weighted by molar-refractivity contribution is 6.36. The highest BCUT2D eigenvalue weighted by Crippen LogP contribution is 2.25. The molecule has 1 aliphatic carbocycles. The number of carbonyl (C=O) groups excluding carboxylic acids is 1. The molecule has 19 heavy (non-hydrogen) atoms. The maximum atomic E-state index is 12.0. The second kappa shape index (κ2) is 6.40. The number of carbonyl (C=O) groups is 1. The second-order valence-corrected chi connectivity index (χ2v) is 5.51. The largest absolute Gasteiger partial charge is 0.272 e. The zero-order valence-corrected chi connectivity index (χ0v) is 12.3. The van der Waals surface area contributed by atoms with Gasteiger partial charge in [0.1, 0.15) is 0 Å². The minimum atomic E-state index is -0.295. The van der Waals surface area contributed by atoms with Crippen LogP contribution in [0.25, 0.3) is 0 Å². The van der Waals surface area contributed by atoms with Crippen molar-refractivity contribution >= 4 is 34.8 Å². The minimum absolute atomic E-state index is 0.295. The normalized spacial score (nSPS) is 20.8. The summed E-state index contributed by atoms with van der Waals surface area (Å²) in [7, 11) is 0. The molecule has 1 amide bonds. The van der Waals surface area contributed by atoms with E-state index in [0.717, 1.165) is 31.4 Å². The van der Waals surface area contributed by atoms with Gasteiger partial charge in [0.05, 0.1) is 10.6 Å².